The highest BCUT2D eigenvalue weighted by Crippen LogP contribution is 2.36. The van der Waals surface area contributed by atoms with Gasteiger partial charge in [0.2, 0.25) is 5.91 Å². The van der Waals surface area contributed by atoms with E-state index < -0.39 is 5.91 Å². The third kappa shape index (κ3) is 2.86. The predicted octanol–water partition coefficient (Wildman–Crippen LogP) is 2.56. The minimum absolute atomic E-state index is 0.00844. The third-order valence-corrected chi connectivity index (χ3v) is 5.09. The van der Waals surface area contributed by atoms with Gasteiger partial charge in [-0.05, 0) is 17.9 Å². The van der Waals surface area contributed by atoms with Crippen molar-refractivity contribution < 1.29 is 9.59 Å². The highest BCUT2D eigenvalue weighted by Gasteiger charge is 2.33. The molecule has 2 aromatic rings. The van der Waals surface area contributed by atoms with E-state index in [4.69, 9.17) is 5.73 Å². The summed E-state index contributed by atoms with van der Waals surface area (Å²) in [5.74, 6) is -0.499. The number of primary amides is 1. The van der Waals surface area contributed by atoms with Gasteiger partial charge < -0.3 is 10.6 Å². The molecule has 0 saturated heterocycles. The monoisotopic (exact) mass is 329 g/mol. The summed E-state index contributed by atoms with van der Waals surface area (Å²) in [6.07, 6.45) is 0.730. The summed E-state index contributed by atoms with van der Waals surface area (Å²) in [6.45, 7) is 4.95. The lowest BCUT2D eigenvalue weighted by atomic mass is 9.88. The average Bonchev–Trinajstić information content (AvgIpc) is 2.85. The lowest BCUT2D eigenvalue weighted by molar-refractivity contribution is 0.0757. The fraction of sp³-hybridized carbons (Fsp3) is 0.353. The van der Waals surface area contributed by atoms with Gasteiger partial charge in [-0.2, -0.15) is 0 Å². The number of carbonyl (C=O) groups is 2. The maximum Gasteiger partial charge on any atom is 0.265 e. The fourth-order valence-electron chi connectivity index (χ4n) is 3.03. The molecule has 0 atom stereocenters. The number of hydrogen-bond donors (Lipinski definition) is 1. The minimum Gasteiger partial charge on any atom is -0.366 e. The summed E-state index contributed by atoms with van der Waals surface area (Å²) < 4.78 is 0. The van der Waals surface area contributed by atoms with Gasteiger partial charge in [0.25, 0.3) is 5.91 Å². The van der Waals surface area contributed by atoms with Crippen molar-refractivity contribution in [2.24, 2.45) is 11.1 Å². The molecule has 1 aliphatic heterocycles. The Morgan fingerprint density at radius 3 is 2.74 bits per heavy atom. The van der Waals surface area contributed by atoms with Crippen LogP contribution >= 0.6 is 11.3 Å². The smallest absolute Gasteiger partial charge is 0.265 e. The van der Waals surface area contributed by atoms with E-state index in [0.717, 1.165) is 12.1 Å². The molecule has 120 valence electrons. The van der Waals surface area contributed by atoms with E-state index in [1.165, 1.54) is 11.3 Å². The normalized spacial score (nSPS) is 16.8. The Morgan fingerprint density at radius 2 is 2.04 bits per heavy atom. The van der Waals surface area contributed by atoms with Gasteiger partial charge in [-0.25, -0.2) is 4.98 Å². The van der Waals surface area contributed by atoms with Crippen LogP contribution in [-0.4, -0.2) is 35.3 Å². The van der Waals surface area contributed by atoms with Gasteiger partial charge in [0.15, 0.2) is 0 Å². The molecule has 1 aliphatic rings. The van der Waals surface area contributed by atoms with Gasteiger partial charge in [0, 0.05) is 24.7 Å². The lowest BCUT2D eigenvalue weighted by Crippen LogP contribution is -2.33. The summed E-state index contributed by atoms with van der Waals surface area (Å²) >= 11 is 1.34. The number of fused-ring (bicyclic) bond motifs is 1. The van der Waals surface area contributed by atoms with Crippen molar-refractivity contribution in [3.8, 4) is 10.6 Å². The van der Waals surface area contributed by atoms with Crippen molar-refractivity contribution in [2.75, 3.05) is 13.6 Å². The molecule has 0 saturated carbocycles. The van der Waals surface area contributed by atoms with E-state index >= 15 is 0 Å². The first-order valence-corrected chi connectivity index (χ1v) is 8.24. The van der Waals surface area contributed by atoms with Crippen LogP contribution in [0.15, 0.2) is 24.3 Å². The number of carbonyl (C=O) groups excluding carboxylic acids is 2. The molecule has 1 aromatic carbocycles. The lowest BCUT2D eigenvalue weighted by Gasteiger charge is -2.26. The van der Waals surface area contributed by atoms with Crippen molar-refractivity contribution in [2.45, 2.75) is 20.3 Å². The maximum atomic E-state index is 12.6. The average molecular weight is 329 g/mol. The van der Waals surface area contributed by atoms with Crippen molar-refractivity contribution in [1.29, 1.82) is 0 Å². The van der Waals surface area contributed by atoms with Crippen molar-refractivity contribution in [1.82, 2.24) is 9.88 Å². The second kappa shape index (κ2) is 5.45. The van der Waals surface area contributed by atoms with Gasteiger partial charge in [0.05, 0.1) is 5.69 Å². The van der Waals surface area contributed by atoms with E-state index in [1.54, 1.807) is 17.0 Å². The second-order valence-electron chi connectivity index (χ2n) is 6.71. The number of nitrogens with zero attached hydrogens (tertiary/aromatic N) is 2. The summed E-state index contributed by atoms with van der Waals surface area (Å²) in [6, 6.07) is 7.11. The minimum atomic E-state index is -0.491. The zero-order valence-corrected chi connectivity index (χ0v) is 14.2. The van der Waals surface area contributed by atoms with Crippen LogP contribution in [0.4, 0.5) is 0 Å². The molecule has 3 rings (SSSR count). The largest absolute Gasteiger partial charge is 0.366 e. The standard InChI is InChI=1S/C17H19N3O2S/c1-17(2)8-12-13(16(22)20(3)9-17)23-15(19-12)11-7-5-4-6-10(11)14(18)21/h4-7H,8-9H2,1-3H3,(H2,18,21). The number of thiazole rings is 1. The molecule has 5 nitrogen and oxygen atoms in total. The summed E-state index contributed by atoms with van der Waals surface area (Å²) in [4.78, 5) is 31.3. The molecule has 1 aromatic heterocycles. The van der Waals surface area contributed by atoms with E-state index in [2.05, 4.69) is 18.8 Å². The zero-order chi connectivity index (χ0) is 16.8. The number of amides is 2. The van der Waals surface area contributed by atoms with Crippen LogP contribution in [0.3, 0.4) is 0 Å². The number of rotatable bonds is 2. The molecule has 6 heteroatoms. The molecule has 0 aliphatic carbocycles. The van der Waals surface area contributed by atoms with Crippen molar-refractivity contribution >= 4 is 23.2 Å². The van der Waals surface area contributed by atoms with E-state index in [9.17, 15) is 9.59 Å². The van der Waals surface area contributed by atoms with E-state index in [0.29, 0.717) is 27.6 Å². The number of hydrogen-bond acceptors (Lipinski definition) is 4. The van der Waals surface area contributed by atoms with Crippen LogP contribution < -0.4 is 5.73 Å². The van der Waals surface area contributed by atoms with Crippen LogP contribution in [0.5, 0.6) is 0 Å². The Balaban J connectivity index is 2.13. The number of aromatic nitrogens is 1. The predicted molar refractivity (Wildman–Crippen MR) is 90.5 cm³/mol. The van der Waals surface area contributed by atoms with E-state index in [1.807, 2.05) is 19.2 Å². The molecule has 0 radical (unpaired) electrons. The molecule has 0 fully saturated rings. The summed E-state index contributed by atoms with van der Waals surface area (Å²) in [5.41, 5.74) is 7.34. The van der Waals surface area contributed by atoms with Crippen LogP contribution in [0.1, 0.15) is 39.6 Å². The van der Waals surface area contributed by atoms with Crippen LogP contribution in [-0.2, 0) is 6.42 Å². The topological polar surface area (TPSA) is 76.3 Å². The van der Waals surface area contributed by atoms with Gasteiger partial charge in [-0.3, -0.25) is 9.59 Å². The van der Waals surface area contributed by atoms with Crippen LogP contribution in [0.25, 0.3) is 10.6 Å². The highest BCUT2D eigenvalue weighted by atomic mass is 32.1. The Hall–Kier alpha value is -2.21. The Morgan fingerprint density at radius 1 is 1.35 bits per heavy atom. The maximum absolute atomic E-state index is 12.6. The fourth-order valence-corrected chi connectivity index (χ4v) is 4.15. The molecular formula is C17H19N3O2S. The van der Waals surface area contributed by atoms with Gasteiger partial charge >= 0.3 is 0 Å². The number of nitrogens with two attached hydrogens (primary N) is 1. The molecule has 0 unspecified atom stereocenters. The first-order valence-electron chi connectivity index (χ1n) is 7.43. The van der Waals surface area contributed by atoms with Gasteiger partial charge in [-0.1, -0.05) is 32.0 Å². The Bertz CT molecular complexity index is 795. The first kappa shape index (κ1) is 15.7. The van der Waals surface area contributed by atoms with E-state index in [-0.39, 0.29) is 11.3 Å². The first-order chi connectivity index (χ1) is 10.8. The Kier molecular flexibility index (Phi) is 3.72. The van der Waals surface area contributed by atoms with Crippen LogP contribution in [0, 0.1) is 5.41 Å². The van der Waals surface area contributed by atoms with Crippen molar-refractivity contribution in [3.63, 3.8) is 0 Å². The Labute approximate surface area is 139 Å². The molecule has 2 N–H and O–H groups in total. The van der Waals surface area contributed by atoms with Crippen LogP contribution in [0.2, 0.25) is 0 Å². The summed E-state index contributed by atoms with van der Waals surface area (Å²) in [7, 11) is 1.82. The van der Waals surface area contributed by atoms with Gasteiger partial charge in [0.1, 0.15) is 9.88 Å². The molecule has 0 spiro atoms. The zero-order valence-electron chi connectivity index (χ0n) is 13.4. The van der Waals surface area contributed by atoms with Gasteiger partial charge in [-0.15, -0.1) is 11.3 Å². The second-order valence-corrected chi connectivity index (χ2v) is 7.71. The molecule has 2 heterocycles. The third-order valence-electron chi connectivity index (χ3n) is 3.97. The molecule has 23 heavy (non-hydrogen) atoms. The van der Waals surface area contributed by atoms with Crippen molar-refractivity contribution in [3.05, 3.63) is 40.4 Å². The summed E-state index contributed by atoms with van der Waals surface area (Å²) in [5, 5.41) is 0.670. The number of benzene rings is 1. The molecule has 0 bridgehead atoms. The molecule has 2 amide bonds. The molecular weight excluding hydrogens is 310 g/mol. The highest BCUT2D eigenvalue weighted by molar-refractivity contribution is 7.17. The SMILES string of the molecule is CN1CC(C)(C)Cc2nc(-c3ccccc3C(N)=O)sc2C1=O. The quantitative estimate of drug-likeness (QED) is 0.920.